The molecule has 21 heavy (non-hydrogen) atoms. The van der Waals surface area contributed by atoms with Gasteiger partial charge in [-0.15, -0.1) is 0 Å². The molecular weight excluding hydrogens is 285 g/mol. The zero-order valence-electron chi connectivity index (χ0n) is 12.1. The third kappa shape index (κ3) is 2.83. The van der Waals surface area contributed by atoms with Gasteiger partial charge in [-0.3, -0.25) is 0 Å². The standard InChI is InChI=1S/C18H19ClFN/c1-21-17(11-13-6-4-8-16(20)18(13)19)15-10-9-12-5-2-3-7-14(12)15/h2-8,15,17,21H,9-11H2,1H3. The summed E-state index contributed by atoms with van der Waals surface area (Å²) in [5, 5.41) is 3.65. The molecular formula is C18H19ClFN. The molecule has 2 aromatic rings. The molecule has 1 aliphatic rings. The van der Waals surface area contributed by atoms with Crippen molar-refractivity contribution in [3.05, 3.63) is 70.0 Å². The van der Waals surface area contributed by atoms with Gasteiger partial charge in [-0.2, -0.15) is 0 Å². The van der Waals surface area contributed by atoms with Gasteiger partial charge < -0.3 is 5.32 Å². The van der Waals surface area contributed by atoms with E-state index in [4.69, 9.17) is 11.6 Å². The van der Waals surface area contributed by atoms with Crippen LogP contribution in [0.15, 0.2) is 42.5 Å². The highest BCUT2D eigenvalue weighted by atomic mass is 35.5. The van der Waals surface area contributed by atoms with E-state index in [1.165, 1.54) is 17.2 Å². The van der Waals surface area contributed by atoms with E-state index >= 15 is 0 Å². The lowest BCUT2D eigenvalue weighted by molar-refractivity contribution is 0.455. The maximum atomic E-state index is 13.6. The van der Waals surface area contributed by atoms with Gasteiger partial charge >= 0.3 is 0 Å². The number of hydrogen-bond acceptors (Lipinski definition) is 1. The van der Waals surface area contributed by atoms with Gasteiger partial charge in [-0.05, 0) is 49.1 Å². The highest BCUT2D eigenvalue weighted by Gasteiger charge is 2.29. The highest BCUT2D eigenvalue weighted by Crippen LogP contribution is 2.37. The maximum Gasteiger partial charge on any atom is 0.142 e. The molecule has 3 rings (SSSR count). The van der Waals surface area contributed by atoms with E-state index in [1.54, 1.807) is 6.07 Å². The van der Waals surface area contributed by atoms with E-state index < -0.39 is 0 Å². The molecule has 0 fully saturated rings. The van der Waals surface area contributed by atoms with E-state index in [-0.39, 0.29) is 16.9 Å². The zero-order chi connectivity index (χ0) is 14.8. The van der Waals surface area contributed by atoms with E-state index in [0.29, 0.717) is 5.92 Å². The van der Waals surface area contributed by atoms with E-state index in [1.807, 2.05) is 13.1 Å². The fourth-order valence-corrected chi connectivity index (χ4v) is 3.60. The number of fused-ring (bicyclic) bond motifs is 1. The Morgan fingerprint density at radius 1 is 1.24 bits per heavy atom. The Labute approximate surface area is 130 Å². The number of halogens is 2. The van der Waals surface area contributed by atoms with Crippen LogP contribution in [-0.4, -0.2) is 13.1 Å². The van der Waals surface area contributed by atoms with Crippen molar-refractivity contribution in [2.75, 3.05) is 7.05 Å². The Morgan fingerprint density at radius 2 is 2.05 bits per heavy atom. The highest BCUT2D eigenvalue weighted by molar-refractivity contribution is 6.31. The average molecular weight is 304 g/mol. The molecule has 1 nitrogen and oxygen atoms in total. The van der Waals surface area contributed by atoms with Gasteiger partial charge in [0, 0.05) is 12.0 Å². The molecule has 2 aromatic carbocycles. The third-order valence-electron chi connectivity index (χ3n) is 4.51. The minimum Gasteiger partial charge on any atom is -0.316 e. The molecule has 0 spiro atoms. The second kappa shape index (κ2) is 6.17. The molecule has 1 N–H and O–H groups in total. The summed E-state index contributed by atoms with van der Waals surface area (Å²) in [6.07, 6.45) is 3.00. The van der Waals surface area contributed by atoms with Gasteiger partial charge in [0.25, 0.3) is 0 Å². The van der Waals surface area contributed by atoms with Crippen LogP contribution >= 0.6 is 11.6 Å². The summed E-state index contributed by atoms with van der Waals surface area (Å²) in [7, 11) is 1.97. The van der Waals surface area contributed by atoms with E-state index in [2.05, 4.69) is 29.6 Å². The first kappa shape index (κ1) is 14.6. The van der Waals surface area contributed by atoms with Crippen LogP contribution in [0.25, 0.3) is 0 Å². The predicted molar refractivity (Wildman–Crippen MR) is 85.5 cm³/mol. The molecule has 0 bridgehead atoms. The van der Waals surface area contributed by atoms with E-state index in [0.717, 1.165) is 24.8 Å². The summed E-state index contributed by atoms with van der Waals surface area (Å²) >= 11 is 6.10. The smallest absolute Gasteiger partial charge is 0.142 e. The van der Waals surface area contributed by atoms with Crippen molar-refractivity contribution in [3.63, 3.8) is 0 Å². The van der Waals surface area contributed by atoms with Gasteiger partial charge in [-0.1, -0.05) is 48.0 Å². The Bertz CT molecular complexity index is 641. The second-order valence-corrected chi connectivity index (χ2v) is 6.03. The molecule has 2 atom stereocenters. The predicted octanol–water partition coefficient (Wildman–Crippen LogP) is 4.34. The fraction of sp³-hybridized carbons (Fsp3) is 0.333. The minimum atomic E-state index is -0.337. The van der Waals surface area contributed by atoms with Crippen molar-refractivity contribution in [3.8, 4) is 0 Å². The SMILES string of the molecule is CNC(Cc1cccc(F)c1Cl)C1CCc2ccccc21. The summed E-state index contributed by atoms with van der Waals surface area (Å²) < 4.78 is 13.6. The third-order valence-corrected chi connectivity index (χ3v) is 4.93. The molecule has 2 unspecified atom stereocenters. The van der Waals surface area contributed by atoms with Crippen molar-refractivity contribution >= 4 is 11.6 Å². The lowest BCUT2D eigenvalue weighted by Crippen LogP contribution is -2.33. The van der Waals surface area contributed by atoms with Gasteiger partial charge in [0.15, 0.2) is 0 Å². The van der Waals surface area contributed by atoms with Gasteiger partial charge in [-0.25, -0.2) is 4.39 Å². The summed E-state index contributed by atoms with van der Waals surface area (Å²) in [5.41, 5.74) is 3.73. The summed E-state index contributed by atoms with van der Waals surface area (Å²) in [6, 6.07) is 13.9. The van der Waals surface area contributed by atoms with Crippen LogP contribution in [0.5, 0.6) is 0 Å². The molecule has 0 radical (unpaired) electrons. The van der Waals surface area contributed by atoms with Crippen molar-refractivity contribution < 1.29 is 4.39 Å². The Kier molecular flexibility index (Phi) is 4.27. The number of hydrogen-bond donors (Lipinski definition) is 1. The monoisotopic (exact) mass is 303 g/mol. The summed E-state index contributed by atoms with van der Waals surface area (Å²) in [4.78, 5) is 0. The summed E-state index contributed by atoms with van der Waals surface area (Å²) in [6.45, 7) is 0. The molecule has 0 heterocycles. The maximum absolute atomic E-state index is 13.6. The first-order chi connectivity index (χ1) is 10.2. The molecule has 3 heteroatoms. The van der Waals surface area contributed by atoms with Crippen molar-refractivity contribution in [1.29, 1.82) is 0 Å². The second-order valence-electron chi connectivity index (χ2n) is 5.66. The lowest BCUT2D eigenvalue weighted by atomic mass is 9.89. The Morgan fingerprint density at radius 3 is 2.86 bits per heavy atom. The van der Waals surface area contributed by atoms with Crippen molar-refractivity contribution in [1.82, 2.24) is 5.32 Å². The average Bonchev–Trinajstić information content (AvgIpc) is 2.93. The number of nitrogens with one attached hydrogen (secondary N) is 1. The van der Waals surface area contributed by atoms with Gasteiger partial charge in [0.2, 0.25) is 0 Å². The number of likely N-dealkylation sites (N-methyl/N-ethyl adjacent to an activating group) is 1. The lowest BCUT2D eigenvalue weighted by Gasteiger charge is -2.24. The first-order valence-corrected chi connectivity index (χ1v) is 7.76. The topological polar surface area (TPSA) is 12.0 Å². The zero-order valence-corrected chi connectivity index (χ0v) is 12.8. The minimum absolute atomic E-state index is 0.254. The Balaban J connectivity index is 1.85. The van der Waals surface area contributed by atoms with Crippen LogP contribution in [0.2, 0.25) is 5.02 Å². The van der Waals surface area contributed by atoms with Crippen LogP contribution in [0.4, 0.5) is 4.39 Å². The van der Waals surface area contributed by atoms with Crippen molar-refractivity contribution in [2.45, 2.75) is 31.2 Å². The van der Waals surface area contributed by atoms with Gasteiger partial charge in [0.05, 0.1) is 5.02 Å². The number of aryl methyl sites for hydroxylation is 1. The molecule has 0 saturated carbocycles. The largest absolute Gasteiger partial charge is 0.316 e. The fourth-order valence-electron chi connectivity index (χ4n) is 3.40. The number of rotatable bonds is 4. The van der Waals surface area contributed by atoms with Crippen LogP contribution in [0.3, 0.4) is 0 Å². The van der Waals surface area contributed by atoms with Crippen molar-refractivity contribution in [2.24, 2.45) is 0 Å². The van der Waals surface area contributed by atoms with Crippen LogP contribution in [0, 0.1) is 5.82 Å². The van der Waals surface area contributed by atoms with Gasteiger partial charge in [0.1, 0.15) is 5.82 Å². The molecule has 0 saturated heterocycles. The quantitative estimate of drug-likeness (QED) is 0.886. The first-order valence-electron chi connectivity index (χ1n) is 7.38. The van der Waals surface area contributed by atoms with Crippen LogP contribution in [-0.2, 0) is 12.8 Å². The van der Waals surface area contributed by atoms with Crippen LogP contribution in [0.1, 0.15) is 29.0 Å². The molecule has 110 valence electrons. The molecule has 1 aliphatic carbocycles. The molecule has 0 aliphatic heterocycles. The normalized spacial score (nSPS) is 18.5. The van der Waals surface area contributed by atoms with E-state index in [9.17, 15) is 4.39 Å². The van der Waals surface area contributed by atoms with Crippen LogP contribution < -0.4 is 5.32 Å². The molecule has 0 amide bonds. The number of benzene rings is 2. The summed E-state index contributed by atoms with van der Waals surface area (Å²) in [5.74, 6) is 0.126. The Hall–Kier alpha value is -1.38. The molecule has 0 aromatic heterocycles.